The molecule has 1 rings (SSSR count). The van der Waals surface area contributed by atoms with Gasteiger partial charge in [0.15, 0.2) is 0 Å². The lowest BCUT2D eigenvalue weighted by Gasteiger charge is -2.09. The third-order valence-electron chi connectivity index (χ3n) is 2.62. The Morgan fingerprint density at radius 2 is 1.87 bits per heavy atom. The van der Waals surface area contributed by atoms with Gasteiger partial charge in [-0.3, -0.25) is 0 Å². The van der Waals surface area contributed by atoms with Crippen LogP contribution in [0.5, 0.6) is 0 Å². The van der Waals surface area contributed by atoms with E-state index in [-0.39, 0.29) is 9.52 Å². The minimum atomic E-state index is -0.116. The molecule has 0 fully saturated rings. The highest BCUT2D eigenvalue weighted by Crippen LogP contribution is 2.15. The van der Waals surface area contributed by atoms with Crippen molar-refractivity contribution >= 4 is 15.6 Å². The zero-order valence-electron chi connectivity index (χ0n) is 9.96. The number of hydrogen-bond donors (Lipinski definition) is 0. The van der Waals surface area contributed by atoms with Crippen LogP contribution in [-0.4, -0.2) is 9.52 Å². The second-order valence-corrected chi connectivity index (χ2v) is 6.39. The lowest BCUT2D eigenvalue weighted by molar-refractivity contribution is 1.07. The first-order chi connectivity index (χ1) is 7.13. The van der Waals surface area contributed by atoms with Crippen molar-refractivity contribution in [1.29, 1.82) is 0 Å². The van der Waals surface area contributed by atoms with Crippen molar-refractivity contribution in [1.82, 2.24) is 0 Å². The second-order valence-electron chi connectivity index (χ2n) is 4.29. The van der Waals surface area contributed by atoms with Gasteiger partial charge in [-0.1, -0.05) is 49.4 Å². The van der Waals surface area contributed by atoms with Crippen molar-refractivity contribution in [3.05, 3.63) is 53.2 Å². The predicted octanol–water partition coefficient (Wildman–Crippen LogP) is 3.48. The Balaban J connectivity index is 2.69. The van der Waals surface area contributed by atoms with Gasteiger partial charge in [0.05, 0.1) is 9.52 Å². The summed E-state index contributed by atoms with van der Waals surface area (Å²) in [6.07, 6.45) is 1.89. The van der Waals surface area contributed by atoms with Gasteiger partial charge in [0.25, 0.3) is 0 Å². The number of rotatable bonds is 4. The zero-order valence-corrected chi connectivity index (χ0v) is 11.4. The molecule has 0 spiro atoms. The molecule has 0 aliphatic carbocycles. The Morgan fingerprint density at radius 1 is 1.27 bits per heavy atom. The van der Waals surface area contributed by atoms with Crippen LogP contribution in [0, 0.1) is 0 Å². The van der Waals surface area contributed by atoms with E-state index in [1.54, 1.807) is 0 Å². The summed E-state index contributed by atoms with van der Waals surface area (Å²) in [6, 6.07) is 8.76. The van der Waals surface area contributed by atoms with Crippen LogP contribution in [0.2, 0.25) is 0 Å². The van der Waals surface area contributed by atoms with Gasteiger partial charge in [0.1, 0.15) is 0 Å². The first-order valence-corrected chi connectivity index (χ1v) is 7.12. The molecule has 0 aromatic heterocycles. The van der Waals surface area contributed by atoms with Gasteiger partial charge in [0.2, 0.25) is 0 Å². The lowest BCUT2D eigenvalue weighted by atomic mass is 10.1. The van der Waals surface area contributed by atoms with Gasteiger partial charge in [0, 0.05) is 0 Å². The summed E-state index contributed by atoms with van der Waals surface area (Å²) in [5.74, 6) is 0. The molecule has 1 heteroatoms. The van der Waals surface area contributed by atoms with Crippen molar-refractivity contribution < 1.29 is 0 Å². The Kier molecular flexibility index (Phi) is 4.57. The molecule has 1 atom stereocenters. The van der Waals surface area contributed by atoms with E-state index in [2.05, 4.69) is 57.3 Å². The molecule has 1 aromatic carbocycles. The van der Waals surface area contributed by atoms with Crippen LogP contribution in [0.1, 0.15) is 37.4 Å². The molecule has 1 unspecified atom stereocenters. The second kappa shape index (κ2) is 5.71. The average molecular weight is 216 g/mol. The first kappa shape index (κ1) is 12.0. The molecular formula is C14H20Si. The van der Waals surface area contributed by atoms with Crippen LogP contribution in [0.4, 0.5) is 0 Å². The van der Waals surface area contributed by atoms with Gasteiger partial charge in [-0.25, -0.2) is 0 Å². The predicted molar refractivity (Wildman–Crippen MR) is 72.9 cm³/mol. The summed E-state index contributed by atoms with van der Waals surface area (Å²) in [6.45, 7) is 10.5. The van der Waals surface area contributed by atoms with Gasteiger partial charge in [-0.15, -0.1) is 5.70 Å². The largest absolute Gasteiger partial charge is 0.102 e. The third-order valence-corrected chi connectivity index (χ3v) is 4.85. The maximum Gasteiger partial charge on any atom is 0.0528 e. The zero-order chi connectivity index (χ0) is 11.3. The Bertz CT molecular complexity index is 342. The SMILES string of the molecule is C=Cc1ccc(C(C)[SiH2]C=C(C)C)cc1. The molecule has 0 heterocycles. The van der Waals surface area contributed by atoms with Crippen molar-refractivity contribution in [2.75, 3.05) is 0 Å². The van der Waals surface area contributed by atoms with Gasteiger partial charge < -0.3 is 0 Å². The van der Waals surface area contributed by atoms with E-state index in [0.717, 1.165) is 5.54 Å². The third kappa shape index (κ3) is 3.88. The average Bonchev–Trinajstić information content (AvgIpc) is 2.26. The maximum absolute atomic E-state index is 3.76. The molecule has 0 saturated heterocycles. The van der Waals surface area contributed by atoms with Gasteiger partial charge in [-0.05, 0) is 30.5 Å². The summed E-state index contributed by atoms with van der Waals surface area (Å²) >= 11 is 0. The van der Waals surface area contributed by atoms with Crippen LogP contribution in [-0.2, 0) is 0 Å². The summed E-state index contributed by atoms with van der Waals surface area (Å²) < 4.78 is 0. The molecule has 0 saturated carbocycles. The lowest BCUT2D eigenvalue weighted by Crippen LogP contribution is -2.01. The molecule has 0 bridgehead atoms. The van der Waals surface area contributed by atoms with Crippen molar-refractivity contribution in [3.8, 4) is 0 Å². The fraction of sp³-hybridized carbons (Fsp3) is 0.286. The Hall–Kier alpha value is -1.08. The first-order valence-electron chi connectivity index (χ1n) is 5.49. The fourth-order valence-electron chi connectivity index (χ4n) is 1.51. The fourth-order valence-corrected chi connectivity index (χ4v) is 2.88. The minimum Gasteiger partial charge on any atom is -0.102 e. The number of hydrogen-bond acceptors (Lipinski definition) is 0. The maximum atomic E-state index is 3.76. The smallest absolute Gasteiger partial charge is 0.0528 e. The molecule has 0 amide bonds. The molecule has 0 aliphatic heterocycles. The minimum absolute atomic E-state index is 0.116. The van der Waals surface area contributed by atoms with Crippen LogP contribution in [0.15, 0.2) is 42.1 Å². The van der Waals surface area contributed by atoms with Gasteiger partial charge >= 0.3 is 0 Å². The molecule has 1 aromatic rings. The highest BCUT2D eigenvalue weighted by atomic mass is 28.2. The quantitative estimate of drug-likeness (QED) is 0.676. The summed E-state index contributed by atoms with van der Waals surface area (Å²) in [7, 11) is -0.116. The normalized spacial score (nSPS) is 12.7. The van der Waals surface area contributed by atoms with E-state index in [9.17, 15) is 0 Å². The van der Waals surface area contributed by atoms with Crippen LogP contribution >= 0.6 is 0 Å². The monoisotopic (exact) mass is 216 g/mol. The molecule has 0 N–H and O–H groups in total. The van der Waals surface area contributed by atoms with Crippen LogP contribution in [0.25, 0.3) is 6.08 Å². The molecule has 80 valence electrons. The topological polar surface area (TPSA) is 0 Å². The summed E-state index contributed by atoms with van der Waals surface area (Å²) in [5.41, 5.74) is 7.29. The molecular weight excluding hydrogens is 196 g/mol. The van der Waals surface area contributed by atoms with E-state index in [4.69, 9.17) is 0 Å². The van der Waals surface area contributed by atoms with Crippen molar-refractivity contribution in [2.24, 2.45) is 0 Å². The molecule has 0 nitrogen and oxygen atoms in total. The van der Waals surface area contributed by atoms with E-state index >= 15 is 0 Å². The van der Waals surface area contributed by atoms with Crippen LogP contribution < -0.4 is 0 Å². The van der Waals surface area contributed by atoms with E-state index in [0.29, 0.717) is 0 Å². The molecule has 15 heavy (non-hydrogen) atoms. The summed E-state index contributed by atoms with van der Waals surface area (Å²) in [5, 5.41) is 0. The Morgan fingerprint density at radius 3 is 2.33 bits per heavy atom. The van der Waals surface area contributed by atoms with Crippen LogP contribution in [0.3, 0.4) is 0 Å². The van der Waals surface area contributed by atoms with Gasteiger partial charge in [-0.2, -0.15) is 0 Å². The van der Waals surface area contributed by atoms with E-state index in [1.165, 1.54) is 16.7 Å². The van der Waals surface area contributed by atoms with Crippen molar-refractivity contribution in [3.63, 3.8) is 0 Å². The molecule has 0 radical (unpaired) electrons. The highest BCUT2D eigenvalue weighted by Gasteiger charge is 2.03. The standard InChI is InChI=1S/C14H20Si/c1-5-13-6-8-14(9-7-13)12(4)15-10-11(2)3/h5-10,12H,1,15H2,2-4H3. The summed E-state index contributed by atoms with van der Waals surface area (Å²) in [4.78, 5) is 0. The number of allylic oxidation sites excluding steroid dienone is 1. The Labute approximate surface area is 95.5 Å². The highest BCUT2D eigenvalue weighted by molar-refractivity contribution is 6.44. The van der Waals surface area contributed by atoms with Crippen molar-refractivity contribution in [2.45, 2.75) is 26.3 Å². The van der Waals surface area contributed by atoms with E-state index < -0.39 is 0 Å². The molecule has 0 aliphatic rings. The number of benzene rings is 1. The van der Waals surface area contributed by atoms with E-state index in [1.807, 2.05) is 6.08 Å².